The summed E-state index contributed by atoms with van der Waals surface area (Å²) in [5.41, 5.74) is 2.68. The van der Waals surface area contributed by atoms with Crippen LogP contribution in [0.5, 0.6) is 0 Å². The van der Waals surface area contributed by atoms with Crippen molar-refractivity contribution in [2.45, 2.75) is 12.1 Å². The fraction of sp³-hybridized carbons (Fsp3) is 0.125. The molecule has 0 saturated carbocycles. The number of carbonyl (C=O) groups excluding carboxylic acids is 1. The number of rotatable bonds is 5. The van der Waals surface area contributed by atoms with Crippen molar-refractivity contribution in [3.8, 4) is 5.69 Å². The van der Waals surface area contributed by atoms with Crippen LogP contribution in [0, 0.1) is 6.92 Å². The van der Waals surface area contributed by atoms with Crippen molar-refractivity contribution < 1.29 is 4.79 Å². The van der Waals surface area contributed by atoms with Gasteiger partial charge in [0.15, 0.2) is 5.78 Å². The van der Waals surface area contributed by atoms with Gasteiger partial charge in [-0.25, -0.2) is 0 Å². The third kappa shape index (κ3) is 3.86. The van der Waals surface area contributed by atoms with Gasteiger partial charge in [-0.15, -0.1) is 5.10 Å². The first-order chi connectivity index (χ1) is 11.1. The monoisotopic (exact) mass is 388 g/mol. The Balaban J connectivity index is 1.73. The minimum absolute atomic E-state index is 0.0429. The van der Waals surface area contributed by atoms with E-state index in [1.807, 2.05) is 43.3 Å². The predicted octanol–water partition coefficient (Wildman–Crippen LogP) is 3.71. The van der Waals surface area contributed by atoms with E-state index in [4.69, 9.17) is 0 Å². The SMILES string of the molecule is Cc1cccc(-n2nnnc2SCC(=O)c2ccc(Br)cc2)c1. The molecule has 0 atom stereocenters. The minimum atomic E-state index is 0.0429. The Labute approximate surface area is 146 Å². The zero-order chi connectivity index (χ0) is 16.2. The Hall–Kier alpha value is -1.99. The number of halogens is 1. The molecule has 1 heterocycles. The summed E-state index contributed by atoms with van der Waals surface area (Å²) in [5.74, 6) is 0.328. The third-order valence-corrected chi connectivity index (χ3v) is 4.63. The number of carbonyl (C=O) groups is 1. The first-order valence-electron chi connectivity index (χ1n) is 6.90. The number of thioether (sulfide) groups is 1. The number of hydrogen-bond donors (Lipinski definition) is 0. The van der Waals surface area contributed by atoms with E-state index in [1.165, 1.54) is 11.8 Å². The molecule has 0 N–H and O–H groups in total. The van der Waals surface area contributed by atoms with Gasteiger partial charge in [0.05, 0.1) is 11.4 Å². The summed E-state index contributed by atoms with van der Waals surface area (Å²) in [6.45, 7) is 2.01. The van der Waals surface area contributed by atoms with Gasteiger partial charge in [0.2, 0.25) is 5.16 Å². The molecule has 0 aliphatic rings. The van der Waals surface area contributed by atoms with Crippen molar-refractivity contribution in [2.24, 2.45) is 0 Å². The van der Waals surface area contributed by atoms with E-state index in [0.29, 0.717) is 10.7 Å². The topological polar surface area (TPSA) is 60.7 Å². The Kier molecular flexibility index (Phi) is 4.88. The number of aromatic nitrogens is 4. The second-order valence-corrected chi connectivity index (χ2v) is 6.79. The number of Topliss-reactive ketones (excluding diaryl/α,β-unsaturated/α-hetero) is 1. The van der Waals surface area contributed by atoms with Crippen molar-refractivity contribution in [1.82, 2.24) is 20.2 Å². The molecule has 7 heteroatoms. The van der Waals surface area contributed by atoms with Gasteiger partial charge in [-0.2, -0.15) is 4.68 Å². The number of benzene rings is 2. The first kappa shape index (κ1) is 15.9. The summed E-state index contributed by atoms with van der Waals surface area (Å²) >= 11 is 4.69. The van der Waals surface area contributed by atoms with E-state index < -0.39 is 0 Å². The van der Waals surface area contributed by atoms with Gasteiger partial charge in [0, 0.05) is 10.0 Å². The summed E-state index contributed by atoms with van der Waals surface area (Å²) < 4.78 is 2.59. The molecule has 23 heavy (non-hydrogen) atoms. The van der Waals surface area contributed by atoms with Gasteiger partial charge >= 0.3 is 0 Å². The van der Waals surface area contributed by atoms with Crippen molar-refractivity contribution in [2.75, 3.05) is 5.75 Å². The Bertz CT molecular complexity index is 832. The van der Waals surface area contributed by atoms with E-state index in [-0.39, 0.29) is 11.5 Å². The predicted molar refractivity (Wildman–Crippen MR) is 93.1 cm³/mol. The molecule has 0 radical (unpaired) electrons. The smallest absolute Gasteiger partial charge is 0.214 e. The maximum atomic E-state index is 12.2. The first-order valence-corrected chi connectivity index (χ1v) is 8.68. The highest BCUT2D eigenvalue weighted by Crippen LogP contribution is 2.20. The van der Waals surface area contributed by atoms with Crippen molar-refractivity contribution >= 4 is 33.5 Å². The summed E-state index contributed by atoms with van der Waals surface area (Å²) in [6, 6.07) is 15.2. The largest absolute Gasteiger partial charge is 0.293 e. The molecule has 5 nitrogen and oxygen atoms in total. The lowest BCUT2D eigenvalue weighted by Crippen LogP contribution is -2.05. The van der Waals surface area contributed by atoms with Crippen LogP contribution in [0.25, 0.3) is 5.69 Å². The van der Waals surface area contributed by atoms with Crippen molar-refractivity contribution in [1.29, 1.82) is 0 Å². The van der Waals surface area contributed by atoms with E-state index in [2.05, 4.69) is 31.5 Å². The maximum Gasteiger partial charge on any atom is 0.214 e. The van der Waals surface area contributed by atoms with Crippen LogP contribution in [0.3, 0.4) is 0 Å². The Morgan fingerprint density at radius 1 is 1.22 bits per heavy atom. The van der Waals surface area contributed by atoms with Gasteiger partial charge in [-0.05, 0) is 47.2 Å². The highest BCUT2D eigenvalue weighted by molar-refractivity contribution is 9.10. The molecular weight excluding hydrogens is 376 g/mol. The zero-order valence-corrected chi connectivity index (χ0v) is 14.7. The maximum absolute atomic E-state index is 12.2. The van der Waals surface area contributed by atoms with Crippen molar-refractivity contribution in [3.05, 3.63) is 64.1 Å². The van der Waals surface area contributed by atoms with Crippen LogP contribution in [0.15, 0.2) is 58.2 Å². The molecule has 3 rings (SSSR count). The lowest BCUT2D eigenvalue weighted by molar-refractivity contribution is 0.102. The van der Waals surface area contributed by atoms with Crippen LogP contribution in [0.2, 0.25) is 0 Å². The fourth-order valence-electron chi connectivity index (χ4n) is 2.04. The Morgan fingerprint density at radius 3 is 2.74 bits per heavy atom. The molecule has 0 aliphatic heterocycles. The second kappa shape index (κ2) is 7.06. The molecule has 116 valence electrons. The molecule has 0 unspecified atom stereocenters. The highest BCUT2D eigenvalue weighted by Gasteiger charge is 2.12. The standard InChI is InChI=1S/C16H13BrN4OS/c1-11-3-2-4-14(9-11)21-16(18-19-20-21)23-10-15(22)12-5-7-13(17)8-6-12/h2-9H,10H2,1H3. The number of hydrogen-bond acceptors (Lipinski definition) is 5. The summed E-state index contributed by atoms with van der Waals surface area (Å²) in [4.78, 5) is 12.2. The average molecular weight is 389 g/mol. The summed E-state index contributed by atoms with van der Waals surface area (Å²) in [7, 11) is 0. The van der Waals surface area contributed by atoms with Gasteiger partial charge in [0.25, 0.3) is 0 Å². The summed E-state index contributed by atoms with van der Waals surface area (Å²) in [6.07, 6.45) is 0. The van der Waals surface area contributed by atoms with Crippen LogP contribution < -0.4 is 0 Å². The molecule has 3 aromatic rings. The number of nitrogens with zero attached hydrogens (tertiary/aromatic N) is 4. The van der Waals surface area contributed by atoms with Crippen LogP contribution in [-0.4, -0.2) is 31.7 Å². The molecule has 2 aromatic carbocycles. The molecule has 0 spiro atoms. The number of aryl methyl sites for hydroxylation is 1. The van der Waals surface area contributed by atoms with Crippen LogP contribution in [0.1, 0.15) is 15.9 Å². The van der Waals surface area contributed by atoms with Gasteiger partial charge < -0.3 is 0 Å². The van der Waals surface area contributed by atoms with E-state index in [9.17, 15) is 4.79 Å². The van der Waals surface area contributed by atoms with E-state index in [0.717, 1.165) is 15.7 Å². The molecule has 1 aromatic heterocycles. The van der Waals surface area contributed by atoms with Crippen molar-refractivity contribution in [3.63, 3.8) is 0 Å². The lowest BCUT2D eigenvalue weighted by atomic mass is 10.2. The van der Waals surface area contributed by atoms with Crippen LogP contribution in [-0.2, 0) is 0 Å². The quantitative estimate of drug-likeness (QED) is 0.492. The second-order valence-electron chi connectivity index (χ2n) is 4.93. The van der Waals surface area contributed by atoms with Gasteiger partial charge in [-0.1, -0.05) is 52.0 Å². The number of ketones is 1. The highest BCUT2D eigenvalue weighted by atomic mass is 79.9. The molecular formula is C16H13BrN4OS. The average Bonchev–Trinajstić information content (AvgIpc) is 3.02. The lowest BCUT2D eigenvalue weighted by Gasteiger charge is -2.05. The minimum Gasteiger partial charge on any atom is -0.293 e. The van der Waals surface area contributed by atoms with Gasteiger partial charge in [0.1, 0.15) is 0 Å². The molecule has 0 amide bonds. The molecule has 0 fully saturated rings. The summed E-state index contributed by atoms with van der Waals surface area (Å²) in [5, 5.41) is 12.3. The molecule has 0 bridgehead atoms. The number of tetrazole rings is 1. The molecule has 0 saturated heterocycles. The normalized spacial score (nSPS) is 10.7. The van der Waals surface area contributed by atoms with Gasteiger partial charge in [-0.3, -0.25) is 4.79 Å². The Morgan fingerprint density at radius 2 is 2.00 bits per heavy atom. The van der Waals surface area contributed by atoms with Crippen LogP contribution in [0.4, 0.5) is 0 Å². The zero-order valence-electron chi connectivity index (χ0n) is 12.3. The van der Waals surface area contributed by atoms with Crippen LogP contribution >= 0.6 is 27.7 Å². The third-order valence-electron chi connectivity index (χ3n) is 3.19. The van der Waals surface area contributed by atoms with E-state index in [1.54, 1.807) is 16.8 Å². The fourth-order valence-corrected chi connectivity index (χ4v) is 3.09. The molecule has 0 aliphatic carbocycles. The van der Waals surface area contributed by atoms with E-state index >= 15 is 0 Å².